The summed E-state index contributed by atoms with van der Waals surface area (Å²) in [5.74, 6) is 2.01. The molecule has 10 nitrogen and oxygen atoms in total. The van der Waals surface area contributed by atoms with Crippen molar-refractivity contribution in [3.8, 4) is 23.0 Å². The van der Waals surface area contributed by atoms with Gasteiger partial charge >= 0.3 is 0 Å². The summed E-state index contributed by atoms with van der Waals surface area (Å²) >= 11 is 0. The van der Waals surface area contributed by atoms with Gasteiger partial charge in [-0.3, -0.25) is 0 Å². The standard InChI is InChI=1S/C64H114N2O8S2/c1-5-9-13-17-21-25-29-33-37-43-53-71-61-49-47-59(57-63(61)73-55-45-39-35-31-27-23-19-15-11-7-3)75(67,68)65-51-41-42-52-66-76(69,70)60-48-50-62(72-54-44-38-34-30-26-22-18-14-10-6-2)64(58-60)74-56-46-40-36-32-28-24-20-16-12-8-4/h41-42,47-50,57-58,65-66H,5-40,43-46,51-56H2,1-4H3/b42-41+. The van der Waals surface area contributed by atoms with Crippen LogP contribution in [-0.4, -0.2) is 56.4 Å². The van der Waals surface area contributed by atoms with Gasteiger partial charge in [-0.25, -0.2) is 26.3 Å². The molecule has 440 valence electrons. The predicted molar refractivity (Wildman–Crippen MR) is 322 cm³/mol. The second-order valence-corrected chi connectivity index (χ2v) is 25.0. The minimum Gasteiger partial charge on any atom is -0.490 e. The lowest BCUT2D eigenvalue weighted by molar-refractivity contribution is 0.257. The Hall–Kier alpha value is -2.80. The van der Waals surface area contributed by atoms with Gasteiger partial charge in [0, 0.05) is 25.2 Å². The van der Waals surface area contributed by atoms with Crippen LogP contribution < -0.4 is 28.4 Å². The molecule has 0 radical (unpaired) electrons. The quantitative estimate of drug-likeness (QED) is 0.0495. The number of rotatable bonds is 56. The van der Waals surface area contributed by atoms with E-state index in [1.807, 2.05) is 0 Å². The van der Waals surface area contributed by atoms with Crippen molar-refractivity contribution < 1.29 is 35.8 Å². The molecule has 0 atom stereocenters. The summed E-state index contributed by atoms with van der Waals surface area (Å²) in [6, 6.07) is 9.66. The fourth-order valence-electron chi connectivity index (χ4n) is 9.51. The van der Waals surface area contributed by atoms with Gasteiger partial charge in [-0.15, -0.1) is 0 Å². The number of sulfonamides is 2. The first-order valence-electron chi connectivity index (χ1n) is 31.6. The lowest BCUT2D eigenvalue weighted by Gasteiger charge is -2.15. The molecule has 0 aliphatic rings. The molecule has 0 bridgehead atoms. The Morgan fingerprint density at radius 3 is 0.750 bits per heavy atom. The van der Waals surface area contributed by atoms with Gasteiger partial charge in [-0.1, -0.05) is 271 Å². The Kier molecular flexibility index (Phi) is 43.9. The van der Waals surface area contributed by atoms with Gasteiger partial charge in [0.2, 0.25) is 20.0 Å². The Labute approximate surface area is 468 Å². The number of hydrogen-bond acceptors (Lipinski definition) is 8. The highest BCUT2D eigenvalue weighted by molar-refractivity contribution is 7.89. The number of benzene rings is 2. The Balaban J connectivity index is 1.96. The molecule has 0 saturated carbocycles. The zero-order chi connectivity index (χ0) is 54.9. The van der Waals surface area contributed by atoms with Crippen molar-refractivity contribution in [3.05, 3.63) is 48.6 Å². The van der Waals surface area contributed by atoms with Gasteiger partial charge < -0.3 is 18.9 Å². The van der Waals surface area contributed by atoms with Gasteiger partial charge in [0.15, 0.2) is 23.0 Å². The maximum atomic E-state index is 13.5. The van der Waals surface area contributed by atoms with Crippen molar-refractivity contribution in [3.63, 3.8) is 0 Å². The molecule has 0 fully saturated rings. The molecule has 0 unspecified atom stereocenters. The smallest absolute Gasteiger partial charge is 0.240 e. The minimum atomic E-state index is -3.91. The van der Waals surface area contributed by atoms with Crippen molar-refractivity contribution in [1.82, 2.24) is 9.44 Å². The maximum absolute atomic E-state index is 13.5. The number of ether oxygens (including phenoxy) is 4. The normalized spacial score (nSPS) is 12.0. The van der Waals surface area contributed by atoms with Crippen LogP contribution in [0, 0.1) is 0 Å². The predicted octanol–water partition coefficient (Wildman–Crippen LogP) is 18.7. The van der Waals surface area contributed by atoms with Crippen LogP contribution in [-0.2, 0) is 20.0 Å². The van der Waals surface area contributed by atoms with E-state index < -0.39 is 20.0 Å². The first-order chi connectivity index (χ1) is 37.2. The van der Waals surface area contributed by atoms with E-state index in [1.54, 1.807) is 48.6 Å². The van der Waals surface area contributed by atoms with Crippen LogP contribution in [0.15, 0.2) is 58.3 Å². The summed E-state index contributed by atoms with van der Waals surface area (Å²) < 4.78 is 84.3. The SMILES string of the molecule is CCCCCCCCCCCCOc1ccc(S(=O)(=O)NC/C=C/CNS(=O)(=O)c2ccc(OCCCCCCCCCCCC)c(OCCCCCCCCCCCC)c2)cc1OCCCCCCCCCCCC. The van der Waals surface area contributed by atoms with Crippen LogP contribution in [0.3, 0.4) is 0 Å². The van der Waals surface area contributed by atoms with Crippen LogP contribution in [0.5, 0.6) is 23.0 Å². The number of nitrogens with one attached hydrogen (secondary N) is 2. The largest absolute Gasteiger partial charge is 0.490 e. The van der Waals surface area contributed by atoms with Gasteiger partial charge in [0.05, 0.1) is 36.2 Å². The van der Waals surface area contributed by atoms with Crippen LogP contribution in [0.25, 0.3) is 0 Å². The zero-order valence-electron chi connectivity index (χ0n) is 49.2. The molecular weight excluding hydrogens is 989 g/mol. The Morgan fingerprint density at radius 1 is 0.303 bits per heavy atom. The van der Waals surface area contributed by atoms with E-state index in [2.05, 4.69) is 37.1 Å². The average molecular weight is 1100 g/mol. The number of unbranched alkanes of at least 4 members (excludes halogenated alkanes) is 36. The molecule has 12 heteroatoms. The lowest BCUT2D eigenvalue weighted by atomic mass is 10.1. The molecule has 0 heterocycles. The first kappa shape index (κ1) is 69.3. The molecule has 76 heavy (non-hydrogen) atoms. The maximum Gasteiger partial charge on any atom is 0.240 e. The molecule has 0 amide bonds. The third-order valence-electron chi connectivity index (χ3n) is 14.4. The van der Waals surface area contributed by atoms with Gasteiger partial charge in [0.1, 0.15) is 0 Å². The molecular formula is C64H114N2O8S2. The average Bonchev–Trinajstić information content (AvgIpc) is 3.41. The highest BCUT2D eigenvalue weighted by Crippen LogP contribution is 2.32. The van der Waals surface area contributed by atoms with Crippen molar-refractivity contribution in [2.24, 2.45) is 0 Å². The summed E-state index contributed by atoms with van der Waals surface area (Å²) in [7, 11) is -7.81. The molecule has 2 aromatic rings. The number of hydrogen-bond donors (Lipinski definition) is 2. The fraction of sp³-hybridized carbons (Fsp3) is 0.781. The lowest BCUT2D eigenvalue weighted by Crippen LogP contribution is -2.25. The molecule has 0 aliphatic carbocycles. The van der Waals surface area contributed by atoms with E-state index in [-0.39, 0.29) is 22.9 Å². The summed E-state index contributed by atoms with van der Waals surface area (Å²) in [5, 5.41) is 0. The third-order valence-corrected chi connectivity index (χ3v) is 17.3. The molecule has 2 N–H and O–H groups in total. The van der Waals surface area contributed by atoms with Gasteiger partial charge in [-0.2, -0.15) is 0 Å². The van der Waals surface area contributed by atoms with Crippen LogP contribution in [0.1, 0.15) is 285 Å². The van der Waals surface area contributed by atoms with Gasteiger partial charge in [0.25, 0.3) is 0 Å². The molecule has 0 aromatic heterocycles. The summed E-state index contributed by atoms with van der Waals surface area (Å²) in [4.78, 5) is 0.182. The van der Waals surface area contributed by atoms with Crippen LogP contribution >= 0.6 is 0 Å². The van der Waals surface area contributed by atoms with Crippen LogP contribution in [0.4, 0.5) is 0 Å². The topological polar surface area (TPSA) is 129 Å². The van der Waals surface area contributed by atoms with E-state index in [0.717, 1.165) is 51.4 Å². The van der Waals surface area contributed by atoms with Crippen molar-refractivity contribution in [2.45, 2.75) is 294 Å². The second-order valence-electron chi connectivity index (χ2n) is 21.5. The molecule has 0 aliphatic heterocycles. The van der Waals surface area contributed by atoms with Crippen molar-refractivity contribution >= 4 is 20.0 Å². The summed E-state index contributed by atoms with van der Waals surface area (Å²) in [6.07, 6.45) is 52.4. The van der Waals surface area contributed by atoms with Crippen molar-refractivity contribution in [2.75, 3.05) is 39.5 Å². The molecule has 2 aromatic carbocycles. The molecule has 2 rings (SSSR count). The fourth-order valence-corrected chi connectivity index (χ4v) is 11.5. The van der Waals surface area contributed by atoms with E-state index in [1.165, 1.54) is 205 Å². The van der Waals surface area contributed by atoms with Crippen LogP contribution in [0.2, 0.25) is 0 Å². The highest BCUT2D eigenvalue weighted by Gasteiger charge is 2.19. The molecule has 0 saturated heterocycles. The third kappa shape index (κ3) is 36.4. The van der Waals surface area contributed by atoms with E-state index in [9.17, 15) is 16.8 Å². The van der Waals surface area contributed by atoms with E-state index in [0.29, 0.717) is 49.4 Å². The second kappa shape index (κ2) is 48.1. The van der Waals surface area contributed by atoms with Crippen molar-refractivity contribution in [1.29, 1.82) is 0 Å². The minimum absolute atomic E-state index is 0.0160. The highest BCUT2D eigenvalue weighted by atomic mass is 32.2. The molecule has 0 spiro atoms. The monoisotopic (exact) mass is 1100 g/mol. The first-order valence-corrected chi connectivity index (χ1v) is 34.6. The zero-order valence-corrected chi connectivity index (χ0v) is 50.9. The summed E-state index contributed by atoms with van der Waals surface area (Å²) in [6.45, 7) is 11.1. The summed E-state index contributed by atoms with van der Waals surface area (Å²) in [5.41, 5.74) is 0. The Bertz CT molecular complexity index is 1770. The van der Waals surface area contributed by atoms with E-state index >= 15 is 0 Å². The van der Waals surface area contributed by atoms with E-state index in [4.69, 9.17) is 18.9 Å². The van der Waals surface area contributed by atoms with Gasteiger partial charge in [-0.05, 0) is 49.9 Å². The Morgan fingerprint density at radius 2 is 0.513 bits per heavy atom.